The van der Waals surface area contributed by atoms with Gasteiger partial charge < -0.3 is 16.0 Å². The Morgan fingerprint density at radius 1 is 1.25 bits per heavy atom. The van der Waals surface area contributed by atoms with Gasteiger partial charge in [0.2, 0.25) is 0 Å². The molecule has 2 amide bonds. The van der Waals surface area contributed by atoms with Crippen molar-refractivity contribution in [1.29, 1.82) is 0 Å². The highest BCUT2D eigenvalue weighted by Crippen LogP contribution is 2.16. The number of carbonyl (C=O) groups excluding carboxylic acids is 1. The summed E-state index contributed by atoms with van der Waals surface area (Å²) in [5.41, 5.74) is 8.05. The van der Waals surface area contributed by atoms with Crippen LogP contribution in [0.25, 0.3) is 0 Å². The van der Waals surface area contributed by atoms with E-state index in [0.717, 1.165) is 5.56 Å². The fourth-order valence-corrected chi connectivity index (χ4v) is 2.01. The molecule has 0 saturated heterocycles. The average Bonchev–Trinajstić information content (AvgIpc) is 2.38. The minimum absolute atomic E-state index is 0.199. The van der Waals surface area contributed by atoms with E-state index in [4.69, 9.17) is 17.3 Å². The van der Waals surface area contributed by atoms with E-state index in [-0.39, 0.29) is 6.03 Å². The maximum absolute atomic E-state index is 12.1. The van der Waals surface area contributed by atoms with Gasteiger partial charge in [-0.2, -0.15) is 0 Å². The Morgan fingerprint density at radius 2 is 2.00 bits per heavy atom. The molecule has 3 N–H and O–H groups in total. The van der Waals surface area contributed by atoms with Crippen molar-refractivity contribution in [2.75, 3.05) is 18.1 Å². The Labute approximate surface area is 123 Å². The zero-order valence-electron chi connectivity index (χ0n) is 11.1. The van der Waals surface area contributed by atoms with Crippen molar-refractivity contribution in [2.24, 2.45) is 0 Å². The Kier molecular flexibility index (Phi) is 4.48. The second kappa shape index (κ2) is 6.30. The van der Waals surface area contributed by atoms with Gasteiger partial charge in [0, 0.05) is 30.0 Å². The van der Waals surface area contributed by atoms with Gasteiger partial charge in [-0.1, -0.05) is 29.8 Å². The number of anilines is 2. The summed E-state index contributed by atoms with van der Waals surface area (Å²) in [6, 6.07) is 14.3. The average molecular weight is 290 g/mol. The van der Waals surface area contributed by atoms with Crippen LogP contribution < -0.4 is 11.1 Å². The van der Waals surface area contributed by atoms with Crippen LogP contribution in [0.3, 0.4) is 0 Å². The SMILES string of the molecule is CN(Cc1cccc(N)c1)C(=O)Nc1cccc(Cl)c1. The standard InChI is InChI=1S/C15H16ClN3O/c1-19(10-11-4-2-6-13(17)8-11)15(20)18-14-7-3-5-12(16)9-14/h2-9H,10,17H2,1H3,(H,18,20). The van der Waals surface area contributed by atoms with E-state index in [0.29, 0.717) is 22.9 Å². The number of nitrogen functional groups attached to an aromatic ring is 1. The lowest BCUT2D eigenvalue weighted by atomic mass is 10.2. The van der Waals surface area contributed by atoms with E-state index in [1.807, 2.05) is 24.3 Å². The number of nitrogens with two attached hydrogens (primary N) is 1. The molecule has 2 aromatic rings. The number of halogens is 1. The van der Waals surface area contributed by atoms with E-state index in [1.165, 1.54) is 0 Å². The molecule has 0 bridgehead atoms. The molecule has 0 spiro atoms. The van der Waals surface area contributed by atoms with Crippen molar-refractivity contribution in [3.8, 4) is 0 Å². The highest BCUT2D eigenvalue weighted by atomic mass is 35.5. The van der Waals surface area contributed by atoms with E-state index in [2.05, 4.69) is 5.32 Å². The van der Waals surface area contributed by atoms with Gasteiger partial charge >= 0.3 is 6.03 Å². The summed E-state index contributed by atoms with van der Waals surface area (Å²) in [6.45, 7) is 0.484. The first-order chi connectivity index (χ1) is 9.54. The molecule has 0 aromatic heterocycles. The molecule has 0 aliphatic rings. The Bertz CT molecular complexity index is 616. The molecule has 0 radical (unpaired) electrons. The van der Waals surface area contributed by atoms with Crippen molar-refractivity contribution in [3.63, 3.8) is 0 Å². The summed E-state index contributed by atoms with van der Waals surface area (Å²) < 4.78 is 0. The zero-order chi connectivity index (χ0) is 14.5. The molecular weight excluding hydrogens is 274 g/mol. The van der Waals surface area contributed by atoms with Crippen LogP contribution in [0.4, 0.5) is 16.2 Å². The van der Waals surface area contributed by atoms with Crippen molar-refractivity contribution < 1.29 is 4.79 Å². The van der Waals surface area contributed by atoms with Crippen molar-refractivity contribution >= 4 is 29.0 Å². The molecular formula is C15H16ClN3O. The molecule has 104 valence electrons. The molecule has 0 aliphatic carbocycles. The number of carbonyl (C=O) groups is 1. The van der Waals surface area contributed by atoms with Crippen molar-refractivity contribution in [1.82, 2.24) is 4.90 Å². The quantitative estimate of drug-likeness (QED) is 0.849. The Morgan fingerprint density at radius 3 is 2.70 bits per heavy atom. The molecule has 0 heterocycles. The smallest absolute Gasteiger partial charge is 0.321 e. The summed E-state index contributed by atoms with van der Waals surface area (Å²) in [5.74, 6) is 0. The lowest BCUT2D eigenvalue weighted by Crippen LogP contribution is -2.30. The predicted octanol–water partition coefficient (Wildman–Crippen LogP) is 3.59. The molecule has 2 rings (SSSR count). The van der Waals surface area contributed by atoms with Crippen molar-refractivity contribution in [3.05, 3.63) is 59.1 Å². The number of urea groups is 1. The molecule has 4 nitrogen and oxygen atoms in total. The Hall–Kier alpha value is -2.20. The number of nitrogens with zero attached hydrogens (tertiary/aromatic N) is 1. The van der Waals surface area contributed by atoms with Gasteiger partial charge in [-0.25, -0.2) is 4.79 Å². The number of amides is 2. The highest BCUT2D eigenvalue weighted by molar-refractivity contribution is 6.30. The van der Waals surface area contributed by atoms with Crippen LogP contribution in [0.15, 0.2) is 48.5 Å². The van der Waals surface area contributed by atoms with Gasteiger partial charge in [-0.3, -0.25) is 0 Å². The summed E-state index contributed by atoms with van der Waals surface area (Å²) in [5, 5.41) is 3.37. The van der Waals surface area contributed by atoms with Gasteiger partial charge in [0.25, 0.3) is 0 Å². The molecule has 0 saturated carbocycles. The second-order valence-corrected chi connectivity index (χ2v) is 4.98. The van der Waals surface area contributed by atoms with E-state index >= 15 is 0 Å². The summed E-state index contributed by atoms with van der Waals surface area (Å²) in [6.07, 6.45) is 0. The third-order valence-electron chi connectivity index (χ3n) is 2.79. The molecule has 0 unspecified atom stereocenters. The number of hydrogen-bond acceptors (Lipinski definition) is 2. The fraction of sp³-hybridized carbons (Fsp3) is 0.133. The largest absolute Gasteiger partial charge is 0.399 e. The fourth-order valence-electron chi connectivity index (χ4n) is 1.82. The third-order valence-corrected chi connectivity index (χ3v) is 3.03. The maximum Gasteiger partial charge on any atom is 0.321 e. The number of hydrogen-bond donors (Lipinski definition) is 2. The third kappa shape index (κ3) is 3.90. The van der Waals surface area contributed by atoms with E-state index in [1.54, 1.807) is 36.2 Å². The molecule has 0 atom stereocenters. The van der Waals surface area contributed by atoms with E-state index < -0.39 is 0 Å². The van der Waals surface area contributed by atoms with Crippen LogP contribution in [0, 0.1) is 0 Å². The minimum Gasteiger partial charge on any atom is -0.399 e. The summed E-state index contributed by atoms with van der Waals surface area (Å²) >= 11 is 5.88. The number of nitrogens with one attached hydrogen (secondary N) is 1. The molecule has 0 fully saturated rings. The van der Waals surface area contributed by atoms with Crippen LogP contribution >= 0.6 is 11.6 Å². The topological polar surface area (TPSA) is 58.4 Å². The van der Waals surface area contributed by atoms with Gasteiger partial charge in [0.05, 0.1) is 0 Å². The van der Waals surface area contributed by atoms with Crippen LogP contribution in [-0.4, -0.2) is 18.0 Å². The first-order valence-corrected chi connectivity index (χ1v) is 6.54. The highest BCUT2D eigenvalue weighted by Gasteiger charge is 2.09. The first kappa shape index (κ1) is 14.2. The van der Waals surface area contributed by atoms with Gasteiger partial charge in [-0.05, 0) is 35.9 Å². The molecule has 2 aromatic carbocycles. The number of benzene rings is 2. The molecule has 0 aliphatic heterocycles. The zero-order valence-corrected chi connectivity index (χ0v) is 11.9. The number of rotatable bonds is 3. The first-order valence-electron chi connectivity index (χ1n) is 6.17. The minimum atomic E-state index is -0.199. The van der Waals surface area contributed by atoms with Gasteiger partial charge in [0.15, 0.2) is 0 Å². The van der Waals surface area contributed by atoms with Crippen LogP contribution in [0.5, 0.6) is 0 Å². The van der Waals surface area contributed by atoms with Crippen molar-refractivity contribution in [2.45, 2.75) is 6.54 Å². The van der Waals surface area contributed by atoms with Crippen LogP contribution in [0.1, 0.15) is 5.56 Å². The van der Waals surface area contributed by atoms with Crippen LogP contribution in [-0.2, 0) is 6.54 Å². The lowest BCUT2D eigenvalue weighted by molar-refractivity contribution is 0.220. The second-order valence-electron chi connectivity index (χ2n) is 4.54. The molecule has 5 heteroatoms. The lowest BCUT2D eigenvalue weighted by Gasteiger charge is -2.18. The maximum atomic E-state index is 12.1. The monoisotopic (exact) mass is 289 g/mol. The van der Waals surface area contributed by atoms with Gasteiger partial charge in [-0.15, -0.1) is 0 Å². The normalized spacial score (nSPS) is 10.1. The summed E-state index contributed by atoms with van der Waals surface area (Å²) in [7, 11) is 1.73. The van der Waals surface area contributed by atoms with E-state index in [9.17, 15) is 4.79 Å². The predicted molar refractivity (Wildman–Crippen MR) is 82.8 cm³/mol. The molecule has 20 heavy (non-hydrogen) atoms. The van der Waals surface area contributed by atoms with Gasteiger partial charge in [0.1, 0.15) is 0 Å². The van der Waals surface area contributed by atoms with Crippen LogP contribution in [0.2, 0.25) is 5.02 Å². The Balaban J connectivity index is 1.98. The summed E-state index contributed by atoms with van der Waals surface area (Å²) in [4.78, 5) is 13.6.